The fraction of sp³-hybridized carbons (Fsp3) is 0.923. The zero-order valence-electron chi connectivity index (χ0n) is 10.4. The van der Waals surface area contributed by atoms with Crippen LogP contribution in [0.5, 0.6) is 0 Å². The lowest BCUT2D eigenvalue weighted by atomic mass is 9.84. The molecule has 0 N–H and O–H groups in total. The largest absolute Gasteiger partial charge is 0.297 e. The lowest BCUT2D eigenvalue weighted by molar-refractivity contribution is 0.0955. The van der Waals surface area contributed by atoms with Gasteiger partial charge in [0.05, 0.1) is 12.0 Å². The second-order valence-electron chi connectivity index (χ2n) is 4.92. The van der Waals surface area contributed by atoms with E-state index in [4.69, 9.17) is 0 Å². The van der Waals surface area contributed by atoms with E-state index in [0.717, 1.165) is 13.0 Å². The lowest BCUT2D eigenvalue weighted by Gasteiger charge is -2.39. The van der Waals surface area contributed by atoms with Gasteiger partial charge >= 0.3 is 0 Å². The molecule has 0 aromatic rings. The molecule has 0 saturated heterocycles. The summed E-state index contributed by atoms with van der Waals surface area (Å²) in [5.41, 5.74) is 0. The van der Waals surface area contributed by atoms with Gasteiger partial charge < -0.3 is 0 Å². The number of nitrogens with zero attached hydrogens (tertiary/aromatic N) is 2. The van der Waals surface area contributed by atoms with E-state index in [0.29, 0.717) is 12.1 Å². The number of rotatable bonds is 4. The monoisotopic (exact) mass is 208 g/mol. The molecule has 0 spiro atoms. The topological polar surface area (TPSA) is 27.0 Å². The molecule has 0 aromatic carbocycles. The maximum absolute atomic E-state index is 9.18. The van der Waals surface area contributed by atoms with E-state index in [1.807, 2.05) is 0 Å². The van der Waals surface area contributed by atoms with E-state index in [2.05, 4.69) is 31.7 Å². The smallest absolute Gasteiger partial charge is 0.0672 e. The summed E-state index contributed by atoms with van der Waals surface area (Å²) in [6, 6.07) is 3.60. The SMILES string of the molecule is CCCN(C(C)C)C1CCCCC1C#N. The molecule has 2 heteroatoms. The second kappa shape index (κ2) is 6.12. The van der Waals surface area contributed by atoms with Gasteiger partial charge in [-0.1, -0.05) is 19.8 Å². The van der Waals surface area contributed by atoms with Gasteiger partial charge in [-0.3, -0.25) is 4.90 Å². The van der Waals surface area contributed by atoms with Gasteiger partial charge in [0.2, 0.25) is 0 Å². The highest BCUT2D eigenvalue weighted by molar-refractivity contribution is 4.96. The Morgan fingerprint density at radius 2 is 2.00 bits per heavy atom. The molecular weight excluding hydrogens is 184 g/mol. The highest BCUT2D eigenvalue weighted by Gasteiger charge is 2.30. The Hall–Kier alpha value is -0.550. The van der Waals surface area contributed by atoms with Crippen LogP contribution in [0.1, 0.15) is 52.9 Å². The fourth-order valence-electron chi connectivity index (χ4n) is 2.72. The number of hydrogen-bond acceptors (Lipinski definition) is 2. The lowest BCUT2D eigenvalue weighted by Crippen LogP contribution is -2.46. The van der Waals surface area contributed by atoms with Crippen molar-refractivity contribution >= 4 is 0 Å². The normalized spacial score (nSPS) is 26.9. The van der Waals surface area contributed by atoms with E-state index in [1.165, 1.54) is 25.7 Å². The van der Waals surface area contributed by atoms with E-state index in [-0.39, 0.29) is 5.92 Å². The number of nitriles is 1. The fourth-order valence-corrected chi connectivity index (χ4v) is 2.72. The van der Waals surface area contributed by atoms with Crippen molar-refractivity contribution in [3.63, 3.8) is 0 Å². The van der Waals surface area contributed by atoms with Gasteiger partial charge in [0, 0.05) is 12.1 Å². The molecule has 0 amide bonds. The molecule has 2 nitrogen and oxygen atoms in total. The predicted octanol–water partition coefficient (Wildman–Crippen LogP) is 3.19. The predicted molar refractivity (Wildman–Crippen MR) is 63.5 cm³/mol. The summed E-state index contributed by atoms with van der Waals surface area (Å²) >= 11 is 0. The Morgan fingerprint density at radius 1 is 1.33 bits per heavy atom. The van der Waals surface area contributed by atoms with Crippen molar-refractivity contribution in [3.05, 3.63) is 0 Å². The molecule has 1 saturated carbocycles. The third-order valence-corrected chi connectivity index (χ3v) is 3.47. The summed E-state index contributed by atoms with van der Waals surface area (Å²) in [6.07, 6.45) is 6.06. The first-order valence-corrected chi connectivity index (χ1v) is 6.36. The molecule has 0 aromatic heterocycles. The van der Waals surface area contributed by atoms with Crippen LogP contribution in [0.2, 0.25) is 0 Å². The van der Waals surface area contributed by atoms with Crippen molar-refractivity contribution in [1.82, 2.24) is 4.90 Å². The molecule has 1 aliphatic rings. The summed E-state index contributed by atoms with van der Waals surface area (Å²) in [7, 11) is 0. The van der Waals surface area contributed by atoms with Crippen LogP contribution in [0.3, 0.4) is 0 Å². The van der Waals surface area contributed by atoms with Gasteiger partial charge in [-0.25, -0.2) is 0 Å². The first kappa shape index (κ1) is 12.5. The van der Waals surface area contributed by atoms with Crippen molar-refractivity contribution in [2.24, 2.45) is 5.92 Å². The van der Waals surface area contributed by atoms with E-state index >= 15 is 0 Å². The van der Waals surface area contributed by atoms with Crippen LogP contribution < -0.4 is 0 Å². The molecule has 1 fully saturated rings. The van der Waals surface area contributed by atoms with Gasteiger partial charge in [-0.05, 0) is 39.7 Å². The van der Waals surface area contributed by atoms with Crippen molar-refractivity contribution in [3.8, 4) is 6.07 Å². The Labute approximate surface area is 94.3 Å². The van der Waals surface area contributed by atoms with E-state index in [9.17, 15) is 5.26 Å². The highest BCUT2D eigenvalue weighted by atomic mass is 15.2. The van der Waals surface area contributed by atoms with Crippen molar-refractivity contribution in [2.75, 3.05) is 6.54 Å². The van der Waals surface area contributed by atoms with Crippen LogP contribution in [-0.4, -0.2) is 23.5 Å². The molecule has 1 aliphatic carbocycles. The van der Waals surface area contributed by atoms with Gasteiger partial charge in [0.25, 0.3) is 0 Å². The molecule has 86 valence electrons. The van der Waals surface area contributed by atoms with Crippen LogP contribution in [0, 0.1) is 17.2 Å². The van der Waals surface area contributed by atoms with Crippen LogP contribution in [-0.2, 0) is 0 Å². The second-order valence-corrected chi connectivity index (χ2v) is 4.92. The Bertz CT molecular complexity index is 217. The number of hydrogen-bond donors (Lipinski definition) is 0. The van der Waals surface area contributed by atoms with E-state index in [1.54, 1.807) is 0 Å². The summed E-state index contributed by atoms with van der Waals surface area (Å²) in [6.45, 7) is 7.86. The highest BCUT2D eigenvalue weighted by Crippen LogP contribution is 2.29. The molecule has 2 atom stereocenters. The minimum atomic E-state index is 0.271. The van der Waals surface area contributed by atoms with E-state index < -0.39 is 0 Å². The zero-order valence-corrected chi connectivity index (χ0v) is 10.4. The molecule has 2 unspecified atom stereocenters. The average molecular weight is 208 g/mol. The van der Waals surface area contributed by atoms with Gasteiger partial charge in [-0.2, -0.15) is 5.26 Å². The summed E-state index contributed by atoms with van der Waals surface area (Å²) in [5, 5.41) is 9.18. The Morgan fingerprint density at radius 3 is 2.53 bits per heavy atom. The minimum absolute atomic E-state index is 0.271. The Kier molecular flexibility index (Phi) is 5.11. The van der Waals surface area contributed by atoms with Gasteiger partial charge in [-0.15, -0.1) is 0 Å². The third kappa shape index (κ3) is 3.21. The molecular formula is C13H24N2. The quantitative estimate of drug-likeness (QED) is 0.709. The molecule has 0 radical (unpaired) electrons. The molecule has 0 aliphatic heterocycles. The van der Waals surface area contributed by atoms with Crippen molar-refractivity contribution in [2.45, 2.75) is 65.0 Å². The van der Waals surface area contributed by atoms with Crippen molar-refractivity contribution in [1.29, 1.82) is 5.26 Å². The zero-order chi connectivity index (χ0) is 11.3. The molecule has 1 rings (SSSR count). The van der Waals surface area contributed by atoms with Crippen LogP contribution in [0.4, 0.5) is 0 Å². The third-order valence-electron chi connectivity index (χ3n) is 3.47. The van der Waals surface area contributed by atoms with Crippen LogP contribution in [0.15, 0.2) is 0 Å². The summed E-state index contributed by atoms with van der Waals surface area (Å²) in [5.74, 6) is 0.271. The first-order chi connectivity index (χ1) is 7.20. The molecule has 15 heavy (non-hydrogen) atoms. The average Bonchev–Trinajstić information content (AvgIpc) is 2.25. The molecule has 0 bridgehead atoms. The van der Waals surface area contributed by atoms with Gasteiger partial charge in [0.15, 0.2) is 0 Å². The Balaban J connectivity index is 2.67. The van der Waals surface area contributed by atoms with Crippen LogP contribution >= 0.6 is 0 Å². The minimum Gasteiger partial charge on any atom is -0.297 e. The van der Waals surface area contributed by atoms with Crippen molar-refractivity contribution < 1.29 is 0 Å². The summed E-state index contributed by atoms with van der Waals surface area (Å²) < 4.78 is 0. The maximum atomic E-state index is 9.18. The molecule has 0 heterocycles. The van der Waals surface area contributed by atoms with Gasteiger partial charge in [0.1, 0.15) is 0 Å². The van der Waals surface area contributed by atoms with Crippen LogP contribution in [0.25, 0.3) is 0 Å². The first-order valence-electron chi connectivity index (χ1n) is 6.36. The standard InChI is InChI=1S/C13H24N2/c1-4-9-15(11(2)3)13-8-6-5-7-12(13)10-14/h11-13H,4-9H2,1-3H3. The maximum Gasteiger partial charge on any atom is 0.0672 e. The summed E-state index contributed by atoms with van der Waals surface area (Å²) in [4.78, 5) is 2.53.